The Morgan fingerprint density at radius 2 is 1.41 bits per heavy atom. The van der Waals surface area contributed by atoms with Gasteiger partial charge in [-0.15, -0.1) is 0 Å². The van der Waals surface area contributed by atoms with Gasteiger partial charge in [0.2, 0.25) is 0 Å². The number of pyridine rings is 1. The van der Waals surface area contributed by atoms with Crippen molar-refractivity contribution >= 4 is 24.1 Å². The van der Waals surface area contributed by atoms with Crippen molar-refractivity contribution in [1.82, 2.24) is 4.98 Å². The molecule has 0 fully saturated rings. The minimum Gasteiger partial charge on any atom is -0.256 e. The van der Waals surface area contributed by atoms with Gasteiger partial charge in [-0.3, -0.25) is 4.98 Å². The molecule has 4 aromatic rings. The highest BCUT2D eigenvalue weighted by atomic mass is 28.3. The number of rotatable bonds is 2. The maximum absolute atomic E-state index is 7.67. The van der Waals surface area contributed by atoms with Gasteiger partial charge in [-0.05, 0) is 44.8 Å². The van der Waals surface area contributed by atoms with Crippen LogP contribution in [0, 0.1) is 6.57 Å². The zero-order valence-electron chi connectivity index (χ0n) is 16.5. The Morgan fingerprint density at radius 1 is 0.724 bits per heavy atom. The first-order valence-electron chi connectivity index (χ1n) is 9.78. The van der Waals surface area contributed by atoms with Crippen LogP contribution in [0.15, 0.2) is 85.1 Å². The average Bonchev–Trinajstić information content (AvgIpc) is 3.02. The molecule has 0 amide bonds. The summed E-state index contributed by atoms with van der Waals surface area (Å²) in [5.41, 5.74) is 7.86. The van der Waals surface area contributed by atoms with E-state index in [0.717, 1.165) is 11.4 Å². The zero-order valence-corrected chi connectivity index (χ0v) is 17.5. The van der Waals surface area contributed by atoms with Crippen LogP contribution < -0.4 is 10.4 Å². The Hall–Kier alpha value is -3.48. The molecule has 2 heterocycles. The van der Waals surface area contributed by atoms with E-state index in [1.807, 2.05) is 24.4 Å². The van der Waals surface area contributed by atoms with Gasteiger partial charge in [0, 0.05) is 11.8 Å². The monoisotopic (exact) mass is 388 g/mol. The molecular formula is C26H20N2Si. The molecule has 3 heteroatoms. The molecule has 1 aromatic heterocycles. The lowest BCUT2D eigenvalue weighted by molar-refractivity contribution is 1.33. The summed E-state index contributed by atoms with van der Waals surface area (Å²) >= 11 is 0. The Kier molecular flexibility index (Phi) is 3.97. The minimum absolute atomic E-state index is 0.798. The Bertz CT molecular complexity index is 1280. The van der Waals surface area contributed by atoms with E-state index < -0.39 is 8.07 Å². The van der Waals surface area contributed by atoms with Gasteiger partial charge in [-0.2, -0.15) is 0 Å². The third-order valence-electron chi connectivity index (χ3n) is 5.91. The molecule has 0 radical (unpaired) electrons. The third kappa shape index (κ3) is 2.65. The predicted molar refractivity (Wildman–Crippen MR) is 124 cm³/mol. The Balaban J connectivity index is 1.74. The number of hydrogen-bond donors (Lipinski definition) is 0. The van der Waals surface area contributed by atoms with Gasteiger partial charge in [0.25, 0.3) is 0 Å². The highest BCUT2D eigenvalue weighted by Gasteiger charge is 2.41. The molecule has 0 saturated carbocycles. The van der Waals surface area contributed by atoms with Gasteiger partial charge < -0.3 is 0 Å². The van der Waals surface area contributed by atoms with Crippen LogP contribution in [0.3, 0.4) is 0 Å². The van der Waals surface area contributed by atoms with Crippen LogP contribution in [0.2, 0.25) is 13.1 Å². The second-order valence-corrected chi connectivity index (χ2v) is 12.2. The number of aromatic nitrogens is 1. The van der Waals surface area contributed by atoms with Crippen LogP contribution in [-0.4, -0.2) is 13.1 Å². The summed E-state index contributed by atoms with van der Waals surface area (Å²) in [7, 11) is -2.02. The fraction of sp³-hybridized carbons (Fsp3) is 0.0769. The van der Waals surface area contributed by atoms with Crippen LogP contribution in [0.1, 0.15) is 0 Å². The highest BCUT2D eigenvalue weighted by molar-refractivity contribution is 7.05. The first-order valence-corrected chi connectivity index (χ1v) is 12.8. The predicted octanol–water partition coefficient (Wildman–Crippen LogP) is 5.77. The summed E-state index contributed by atoms with van der Waals surface area (Å²) < 4.78 is 0. The summed E-state index contributed by atoms with van der Waals surface area (Å²) in [6.07, 6.45) is 1.90. The molecule has 138 valence electrons. The average molecular weight is 389 g/mol. The maximum Gasteiger partial charge on any atom is 0.187 e. The smallest absolute Gasteiger partial charge is 0.187 e. The molecule has 1 aliphatic heterocycles. The molecule has 2 nitrogen and oxygen atoms in total. The molecule has 3 aromatic carbocycles. The number of fused-ring (bicyclic) bond motifs is 3. The van der Waals surface area contributed by atoms with Crippen LogP contribution in [0.4, 0.5) is 5.69 Å². The van der Waals surface area contributed by atoms with E-state index >= 15 is 0 Å². The summed E-state index contributed by atoms with van der Waals surface area (Å²) in [5.74, 6) is 0. The molecular weight excluding hydrogens is 368 g/mol. The van der Waals surface area contributed by atoms with E-state index in [1.165, 1.54) is 38.2 Å². The van der Waals surface area contributed by atoms with Crippen molar-refractivity contribution in [3.05, 3.63) is 96.5 Å². The van der Waals surface area contributed by atoms with Crippen molar-refractivity contribution in [3.8, 4) is 33.5 Å². The van der Waals surface area contributed by atoms with E-state index in [4.69, 9.17) is 11.6 Å². The fourth-order valence-electron chi connectivity index (χ4n) is 4.69. The highest BCUT2D eigenvalue weighted by Crippen LogP contribution is 2.36. The SMILES string of the molecule is [C-]#[N+]c1cccc2c1[Si](C)(C)c1c(-c3cc(-c4ccccc4)ccn3)cccc1-2. The Labute approximate surface area is 172 Å². The van der Waals surface area contributed by atoms with Crippen molar-refractivity contribution in [2.45, 2.75) is 13.1 Å². The molecule has 0 N–H and O–H groups in total. The van der Waals surface area contributed by atoms with E-state index in [1.54, 1.807) is 0 Å². The number of hydrogen-bond acceptors (Lipinski definition) is 1. The molecule has 0 atom stereocenters. The maximum atomic E-state index is 7.67. The lowest BCUT2D eigenvalue weighted by atomic mass is 9.99. The van der Waals surface area contributed by atoms with Crippen molar-refractivity contribution in [2.75, 3.05) is 0 Å². The third-order valence-corrected chi connectivity index (χ3v) is 9.47. The molecule has 0 spiro atoms. The first-order chi connectivity index (χ1) is 14.1. The van der Waals surface area contributed by atoms with Gasteiger partial charge in [0.15, 0.2) is 5.69 Å². The quantitative estimate of drug-likeness (QED) is 0.315. The molecule has 0 bridgehead atoms. The van der Waals surface area contributed by atoms with Crippen molar-refractivity contribution in [3.63, 3.8) is 0 Å². The molecule has 5 rings (SSSR count). The molecule has 29 heavy (non-hydrogen) atoms. The van der Waals surface area contributed by atoms with Crippen molar-refractivity contribution in [2.24, 2.45) is 0 Å². The van der Waals surface area contributed by atoms with E-state index in [0.29, 0.717) is 0 Å². The summed E-state index contributed by atoms with van der Waals surface area (Å²) in [5, 5.41) is 2.65. The number of benzene rings is 3. The van der Waals surface area contributed by atoms with Gasteiger partial charge in [-0.1, -0.05) is 79.8 Å². The summed E-state index contributed by atoms with van der Waals surface area (Å²) in [6.45, 7) is 12.4. The lowest BCUT2D eigenvalue weighted by Gasteiger charge is -2.23. The van der Waals surface area contributed by atoms with Crippen LogP contribution in [-0.2, 0) is 0 Å². The number of nitrogens with zero attached hydrogens (tertiary/aromatic N) is 2. The van der Waals surface area contributed by atoms with Gasteiger partial charge >= 0.3 is 0 Å². The van der Waals surface area contributed by atoms with Crippen LogP contribution in [0.5, 0.6) is 0 Å². The second kappa shape index (κ2) is 6.54. The van der Waals surface area contributed by atoms with Crippen LogP contribution >= 0.6 is 0 Å². The second-order valence-electron chi connectivity index (χ2n) is 7.96. The Morgan fingerprint density at radius 3 is 2.17 bits per heavy atom. The largest absolute Gasteiger partial charge is 0.256 e. The van der Waals surface area contributed by atoms with E-state index in [2.05, 4.69) is 78.6 Å². The fourth-order valence-corrected chi connectivity index (χ4v) is 8.39. The van der Waals surface area contributed by atoms with E-state index in [-0.39, 0.29) is 0 Å². The van der Waals surface area contributed by atoms with Crippen molar-refractivity contribution in [1.29, 1.82) is 0 Å². The minimum atomic E-state index is -2.02. The first kappa shape index (κ1) is 17.6. The standard InChI is InChI=1S/C26H20N2Si/c1-27-23-14-8-12-21-20-11-7-13-22(25(20)29(2,3)26(21)23)24-17-19(15-16-28-24)18-9-5-4-6-10-18/h4-17H,2-3H3. The molecule has 0 saturated heterocycles. The van der Waals surface area contributed by atoms with Gasteiger partial charge in [-0.25, -0.2) is 4.85 Å². The van der Waals surface area contributed by atoms with E-state index in [9.17, 15) is 0 Å². The van der Waals surface area contributed by atoms with Gasteiger partial charge in [0.05, 0.1) is 12.3 Å². The lowest BCUT2D eigenvalue weighted by Crippen LogP contribution is -2.50. The molecule has 1 aliphatic rings. The summed E-state index contributed by atoms with van der Waals surface area (Å²) in [6, 6.07) is 27.3. The topological polar surface area (TPSA) is 17.2 Å². The molecule has 0 unspecified atom stereocenters. The summed E-state index contributed by atoms with van der Waals surface area (Å²) in [4.78, 5) is 8.59. The zero-order chi connectivity index (χ0) is 20.0. The molecule has 0 aliphatic carbocycles. The van der Waals surface area contributed by atoms with Crippen molar-refractivity contribution < 1.29 is 0 Å². The van der Waals surface area contributed by atoms with Gasteiger partial charge in [0.1, 0.15) is 8.07 Å². The normalized spacial score (nSPS) is 13.4. The van der Waals surface area contributed by atoms with Crippen LogP contribution in [0.25, 0.3) is 38.4 Å².